The lowest BCUT2D eigenvalue weighted by Crippen LogP contribution is -2.05. The summed E-state index contributed by atoms with van der Waals surface area (Å²) < 4.78 is 13.2. The van der Waals surface area contributed by atoms with Crippen molar-refractivity contribution >= 4 is 0 Å². The van der Waals surface area contributed by atoms with Crippen LogP contribution in [0.4, 0.5) is 4.39 Å². The minimum atomic E-state index is -0.144. The summed E-state index contributed by atoms with van der Waals surface area (Å²) in [6.45, 7) is 7.14. The number of nitrogens with two attached hydrogens (primary N) is 1. The molecule has 1 aliphatic rings. The van der Waals surface area contributed by atoms with E-state index in [2.05, 4.69) is 13.8 Å². The van der Waals surface area contributed by atoms with E-state index in [1.54, 1.807) is 6.07 Å². The zero-order valence-electron chi connectivity index (χ0n) is 9.55. The molecule has 0 heterocycles. The van der Waals surface area contributed by atoms with Crippen LogP contribution in [-0.2, 0) is 0 Å². The number of hydrogen-bond donors (Lipinski definition) is 1. The topological polar surface area (TPSA) is 26.0 Å². The Hall–Kier alpha value is -0.890. The van der Waals surface area contributed by atoms with Gasteiger partial charge in [-0.05, 0) is 54.0 Å². The Morgan fingerprint density at radius 3 is 2.60 bits per heavy atom. The van der Waals surface area contributed by atoms with Gasteiger partial charge >= 0.3 is 0 Å². The first-order valence-electron chi connectivity index (χ1n) is 5.44. The van der Waals surface area contributed by atoms with E-state index < -0.39 is 0 Å². The maximum absolute atomic E-state index is 13.2. The van der Waals surface area contributed by atoms with Gasteiger partial charge in [0.25, 0.3) is 0 Å². The molecule has 0 saturated heterocycles. The van der Waals surface area contributed by atoms with Gasteiger partial charge in [-0.15, -0.1) is 0 Å². The summed E-state index contributed by atoms with van der Waals surface area (Å²) in [5.74, 6) is 0.783. The third-order valence-corrected chi connectivity index (χ3v) is 3.88. The first kappa shape index (κ1) is 10.6. The summed E-state index contributed by atoms with van der Waals surface area (Å²) in [5, 5.41) is 0. The Morgan fingerprint density at radius 2 is 2.07 bits per heavy atom. The molecule has 2 N–H and O–H groups in total. The molecule has 1 nitrogen and oxygen atoms in total. The molecule has 82 valence electrons. The Bertz CT molecular complexity index is 384. The smallest absolute Gasteiger partial charge is 0.123 e. The van der Waals surface area contributed by atoms with Crippen LogP contribution in [0.15, 0.2) is 18.2 Å². The molecule has 0 unspecified atom stereocenters. The Kier molecular flexibility index (Phi) is 2.34. The van der Waals surface area contributed by atoms with Gasteiger partial charge in [-0.2, -0.15) is 0 Å². The predicted octanol–water partition coefficient (Wildman–Crippen LogP) is 2.83. The average Bonchev–Trinajstić information content (AvgIpc) is 2.72. The molecule has 2 rings (SSSR count). The van der Waals surface area contributed by atoms with Crippen LogP contribution < -0.4 is 5.73 Å². The van der Waals surface area contributed by atoms with Crippen molar-refractivity contribution in [3.05, 3.63) is 35.1 Å². The highest BCUT2D eigenvalue weighted by Crippen LogP contribution is 2.64. The van der Waals surface area contributed by atoms with Crippen molar-refractivity contribution in [2.45, 2.75) is 26.7 Å². The monoisotopic (exact) mass is 207 g/mol. The van der Waals surface area contributed by atoms with E-state index in [1.165, 1.54) is 11.6 Å². The molecule has 0 bridgehead atoms. The molecule has 0 aromatic heterocycles. The molecule has 1 aliphatic carbocycles. The predicted molar refractivity (Wildman–Crippen MR) is 60.2 cm³/mol. The molecular weight excluding hydrogens is 189 g/mol. The molecule has 1 aromatic carbocycles. The molecule has 0 spiro atoms. The van der Waals surface area contributed by atoms with E-state index in [1.807, 2.05) is 13.0 Å². The zero-order chi connectivity index (χ0) is 11.2. The maximum atomic E-state index is 13.2. The number of rotatable bonds is 2. The average molecular weight is 207 g/mol. The van der Waals surface area contributed by atoms with Crippen LogP contribution in [-0.4, -0.2) is 6.54 Å². The lowest BCUT2D eigenvalue weighted by atomic mass is 9.99. The summed E-state index contributed by atoms with van der Waals surface area (Å²) in [7, 11) is 0. The van der Waals surface area contributed by atoms with Crippen molar-refractivity contribution in [2.24, 2.45) is 17.1 Å². The lowest BCUT2D eigenvalue weighted by Gasteiger charge is -2.07. The van der Waals surface area contributed by atoms with Gasteiger partial charge in [0.2, 0.25) is 0 Å². The van der Waals surface area contributed by atoms with Crippen LogP contribution in [0.25, 0.3) is 0 Å². The second-order valence-corrected chi connectivity index (χ2v) is 5.14. The van der Waals surface area contributed by atoms with Crippen LogP contribution in [0.3, 0.4) is 0 Å². The highest BCUT2D eigenvalue weighted by molar-refractivity contribution is 5.38. The summed E-state index contributed by atoms with van der Waals surface area (Å²) in [4.78, 5) is 0. The van der Waals surface area contributed by atoms with E-state index in [-0.39, 0.29) is 11.2 Å². The van der Waals surface area contributed by atoms with Crippen LogP contribution in [0.1, 0.15) is 30.9 Å². The van der Waals surface area contributed by atoms with Gasteiger partial charge in [-0.1, -0.05) is 19.9 Å². The fourth-order valence-electron chi connectivity index (χ4n) is 2.75. The first-order valence-corrected chi connectivity index (χ1v) is 5.44. The third-order valence-electron chi connectivity index (χ3n) is 3.88. The van der Waals surface area contributed by atoms with E-state index >= 15 is 0 Å². The van der Waals surface area contributed by atoms with Gasteiger partial charge in [0.05, 0.1) is 0 Å². The van der Waals surface area contributed by atoms with Crippen LogP contribution in [0.2, 0.25) is 0 Å². The quantitative estimate of drug-likeness (QED) is 0.793. The first-order chi connectivity index (χ1) is 6.98. The molecular formula is C13H18FN. The number of aryl methyl sites for hydroxylation is 1. The van der Waals surface area contributed by atoms with Crippen molar-refractivity contribution in [3.63, 3.8) is 0 Å². The Morgan fingerprint density at radius 1 is 1.40 bits per heavy atom. The molecule has 1 fully saturated rings. The normalized spacial score (nSPS) is 27.8. The van der Waals surface area contributed by atoms with Crippen molar-refractivity contribution in [3.8, 4) is 0 Å². The van der Waals surface area contributed by atoms with Gasteiger partial charge in [-0.25, -0.2) is 4.39 Å². The molecule has 0 aliphatic heterocycles. The second kappa shape index (κ2) is 3.31. The van der Waals surface area contributed by atoms with Gasteiger partial charge in [-0.3, -0.25) is 0 Å². The minimum Gasteiger partial charge on any atom is -0.330 e. The Labute approximate surface area is 90.5 Å². The molecule has 2 atom stereocenters. The van der Waals surface area contributed by atoms with Gasteiger partial charge < -0.3 is 5.73 Å². The van der Waals surface area contributed by atoms with Crippen molar-refractivity contribution in [1.29, 1.82) is 0 Å². The highest BCUT2D eigenvalue weighted by Gasteiger charge is 2.57. The summed E-state index contributed by atoms with van der Waals surface area (Å²) in [6, 6.07) is 5.04. The maximum Gasteiger partial charge on any atom is 0.123 e. The minimum absolute atomic E-state index is 0.144. The second-order valence-electron chi connectivity index (χ2n) is 5.14. The molecule has 15 heavy (non-hydrogen) atoms. The van der Waals surface area contributed by atoms with E-state index in [0.29, 0.717) is 18.4 Å². The standard InChI is InChI=1S/C13H18FN/c1-8-4-5-9(14)6-10(8)12-11(7-15)13(12,2)3/h4-6,11-12H,7,15H2,1-3H3/t11-,12-/m1/s1. The number of benzene rings is 1. The van der Waals surface area contributed by atoms with Crippen LogP contribution in [0.5, 0.6) is 0 Å². The van der Waals surface area contributed by atoms with Crippen LogP contribution >= 0.6 is 0 Å². The van der Waals surface area contributed by atoms with Gasteiger partial charge in [0.15, 0.2) is 0 Å². The van der Waals surface area contributed by atoms with Crippen molar-refractivity contribution in [1.82, 2.24) is 0 Å². The highest BCUT2D eigenvalue weighted by atomic mass is 19.1. The van der Waals surface area contributed by atoms with E-state index in [9.17, 15) is 4.39 Å². The lowest BCUT2D eigenvalue weighted by molar-refractivity contribution is 0.557. The fraction of sp³-hybridized carbons (Fsp3) is 0.538. The summed E-state index contributed by atoms with van der Waals surface area (Å²) >= 11 is 0. The molecule has 1 aromatic rings. The molecule has 0 radical (unpaired) electrons. The van der Waals surface area contributed by atoms with Gasteiger partial charge in [0.1, 0.15) is 5.82 Å². The molecule has 2 heteroatoms. The van der Waals surface area contributed by atoms with Crippen LogP contribution in [0, 0.1) is 24.1 Å². The SMILES string of the molecule is Cc1ccc(F)cc1[C@@H]1[C@@H](CN)C1(C)C. The molecule has 1 saturated carbocycles. The van der Waals surface area contributed by atoms with E-state index in [4.69, 9.17) is 5.73 Å². The van der Waals surface area contributed by atoms with E-state index in [0.717, 1.165) is 5.56 Å². The van der Waals surface area contributed by atoms with Crippen molar-refractivity contribution in [2.75, 3.05) is 6.54 Å². The fourth-order valence-corrected chi connectivity index (χ4v) is 2.75. The third kappa shape index (κ3) is 1.57. The summed E-state index contributed by atoms with van der Waals surface area (Å²) in [5.41, 5.74) is 8.27. The van der Waals surface area contributed by atoms with Crippen molar-refractivity contribution < 1.29 is 4.39 Å². The summed E-state index contributed by atoms with van der Waals surface area (Å²) in [6.07, 6.45) is 0. The number of halogens is 1. The van der Waals surface area contributed by atoms with Gasteiger partial charge in [0, 0.05) is 0 Å². The zero-order valence-corrected chi connectivity index (χ0v) is 9.55. The molecule has 0 amide bonds. The largest absolute Gasteiger partial charge is 0.330 e. The Balaban J connectivity index is 2.36. The number of hydrogen-bond acceptors (Lipinski definition) is 1.